The van der Waals surface area contributed by atoms with E-state index < -0.39 is 24.5 Å². The maximum atomic E-state index is 12.5. The molecule has 1 aromatic heterocycles. The first kappa shape index (κ1) is 20.3. The van der Waals surface area contributed by atoms with Crippen molar-refractivity contribution in [3.8, 4) is 0 Å². The fourth-order valence-corrected chi connectivity index (χ4v) is 2.43. The van der Waals surface area contributed by atoms with E-state index in [4.69, 9.17) is 0 Å². The number of aromatic nitrogens is 1. The minimum Gasteiger partial charge on any atom is -0.372 e. The smallest absolute Gasteiger partial charge is 0.372 e. The number of piperazine rings is 1. The molecule has 1 aliphatic heterocycles. The molecule has 11 heteroatoms. The number of nitrogens with zero attached hydrogens (tertiary/aromatic N) is 3. The SMILES string of the molecule is O=C(CCOCC(F)(F)F)N1CCN(c2ccc(C(F)(F)F)cn2)CC1. The van der Waals surface area contributed by atoms with Gasteiger partial charge < -0.3 is 14.5 Å². The zero-order valence-corrected chi connectivity index (χ0v) is 13.6. The lowest BCUT2D eigenvalue weighted by molar-refractivity contribution is -0.175. The van der Waals surface area contributed by atoms with Crippen LogP contribution in [0.1, 0.15) is 12.0 Å². The number of alkyl halides is 6. The Balaban J connectivity index is 1.77. The summed E-state index contributed by atoms with van der Waals surface area (Å²) < 4.78 is 77.8. The standard InChI is InChI=1S/C15H17F6N3O2/c16-14(17,18)10-26-8-3-13(25)24-6-4-23(5-7-24)12-2-1-11(9-22-12)15(19,20)21/h1-2,9H,3-8,10H2. The lowest BCUT2D eigenvalue weighted by atomic mass is 10.2. The summed E-state index contributed by atoms with van der Waals surface area (Å²) in [6, 6.07) is 2.21. The summed E-state index contributed by atoms with van der Waals surface area (Å²) >= 11 is 0. The summed E-state index contributed by atoms with van der Waals surface area (Å²) in [5, 5.41) is 0. The average molecular weight is 385 g/mol. The second-order valence-corrected chi connectivity index (χ2v) is 5.69. The number of ether oxygens (including phenoxy) is 1. The zero-order valence-electron chi connectivity index (χ0n) is 13.6. The topological polar surface area (TPSA) is 45.7 Å². The van der Waals surface area contributed by atoms with Crippen molar-refractivity contribution in [3.05, 3.63) is 23.9 Å². The number of carbonyl (C=O) groups is 1. The molecule has 0 N–H and O–H groups in total. The Morgan fingerprint density at radius 2 is 1.73 bits per heavy atom. The molecule has 0 spiro atoms. The van der Waals surface area contributed by atoms with Gasteiger partial charge in [0.2, 0.25) is 5.91 Å². The van der Waals surface area contributed by atoms with Crippen LogP contribution in [0.25, 0.3) is 0 Å². The largest absolute Gasteiger partial charge is 0.417 e. The second-order valence-electron chi connectivity index (χ2n) is 5.69. The quantitative estimate of drug-likeness (QED) is 0.578. The maximum absolute atomic E-state index is 12.5. The number of halogens is 6. The molecule has 1 fully saturated rings. The van der Waals surface area contributed by atoms with Crippen molar-refractivity contribution in [1.29, 1.82) is 0 Å². The highest BCUT2D eigenvalue weighted by Gasteiger charge is 2.31. The van der Waals surface area contributed by atoms with Crippen molar-refractivity contribution >= 4 is 11.7 Å². The molecule has 1 amide bonds. The normalized spacial score (nSPS) is 16.1. The van der Waals surface area contributed by atoms with Gasteiger partial charge in [0.25, 0.3) is 0 Å². The van der Waals surface area contributed by atoms with Crippen LogP contribution in [0.4, 0.5) is 32.2 Å². The van der Waals surface area contributed by atoms with Crippen molar-refractivity contribution in [2.75, 3.05) is 44.3 Å². The van der Waals surface area contributed by atoms with Crippen LogP contribution < -0.4 is 4.90 Å². The van der Waals surface area contributed by atoms with Crippen LogP contribution in [0.2, 0.25) is 0 Å². The molecule has 0 atom stereocenters. The third-order valence-corrected chi connectivity index (χ3v) is 3.76. The van der Waals surface area contributed by atoms with Crippen LogP contribution in [0.3, 0.4) is 0 Å². The van der Waals surface area contributed by atoms with Gasteiger partial charge in [-0.15, -0.1) is 0 Å². The van der Waals surface area contributed by atoms with E-state index in [1.54, 1.807) is 4.90 Å². The van der Waals surface area contributed by atoms with E-state index in [-0.39, 0.29) is 18.9 Å². The molecule has 146 valence electrons. The minimum atomic E-state index is -4.45. The molecule has 0 aliphatic carbocycles. The van der Waals surface area contributed by atoms with Crippen molar-refractivity contribution in [1.82, 2.24) is 9.88 Å². The Bertz CT molecular complexity index is 595. The van der Waals surface area contributed by atoms with Crippen LogP contribution >= 0.6 is 0 Å². The number of hydrogen-bond donors (Lipinski definition) is 0. The Morgan fingerprint density at radius 1 is 1.08 bits per heavy atom. The zero-order chi connectivity index (χ0) is 19.4. The summed E-state index contributed by atoms with van der Waals surface area (Å²) in [5.74, 6) is 0.0470. The van der Waals surface area contributed by atoms with Gasteiger partial charge in [-0.3, -0.25) is 4.79 Å². The highest BCUT2D eigenvalue weighted by Crippen LogP contribution is 2.29. The van der Waals surface area contributed by atoms with E-state index >= 15 is 0 Å². The third kappa shape index (κ3) is 6.04. The van der Waals surface area contributed by atoms with E-state index in [0.29, 0.717) is 32.0 Å². The van der Waals surface area contributed by atoms with Gasteiger partial charge in [0.1, 0.15) is 12.4 Å². The molecule has 5 nitrogen and oxygen atoms in total. The summed E-state index contributed by atoms with van der Waals surface area (Å²) in [6.45, 7) is -0.366. The van der Waals surface area contributed by atoms with Crippen LogP contribution in [-0.4, -0.2) is 61.4 Å². The molecule has 0 bridgehead atoms. The van der Waals surface area contributed by atoms with Crippen molar-refractivity contribution in [2.24, 2.45) is 0 Å². The highest BCUT2D eigenvalue weighted by atomic mass is 19.4. The van der Waals surface area contributed by atoms with E-state index in [0.717, 1.165) is 12.3 Å². The summed E-state index contributed by atoms with van der Waals surface area (Å²) in [6.07, 6.45) is -8.28. The first-order valence-corrected chi connectivity index (χ1v) is 7.77. The fourth-order valence-electron chi connectivity index (χ4n) is 2.43. The number of pyridine rings is 1. The number of amides is 1. The molecule has 1 aliphatic rings. The molecule has 2 rings (SSSR count). The third-order valence-electron chi connectivity index (χ3n) is 3.76. The number of hydrogen-bond acceptors (Lipinski definition) is 4. The Kier molecular flexibility index (Phi) is 6.32. The lowest BCUT2D eigenvalue weighted by Crippen LogP contribution is -2.49. The molecule has 1 saturated heterocycles. The fraction of sp³-hybridized carbons (Fsp3) is 0.600. The van der Waals surface area contributed by atoms with Gasteiger partial charge in [-0.25, -0.2) is 4.98 Å². The first-order chi connectivity index (χ1) is 12.1. The minimum absolute atomic E-state index is 0.158. The summed E-state index contributed by atoms with van der Waals surface area (Å²) in [4.78, 5) is 18.9. The molecule has 0 aromatic carbocycles. The second kappa shape index (κ2) is 8.11. The van der Waals surface area contributed by atoms with Gasteiger partial charge in [0, 0.05) is 32.4 Å². The van der Waals surface area contributed by atoms with E-state index in [1.807, 2.05) is 0 Å². The monoisotopic (exact) mass is 385 g/mol. The molecule has 0 radical (unpaired) electrons. The number of rotatable bonds is 5. The highest BCUT2D eigenvalue weighted by molar-refractivity contribution is 5.76. The van der Waals surface area contributed by atoms with Gasteiger partial charge in [-0.1, -0.05) is 0 Å². The van der Waals surface area contributed by atoms with Gasteiger partial charge in [0.05, 0.1) is 18.6 Å². The number of carbonyl (C=O) groups excluding carboxylic acids is 1. The number of anilines is 1. The molecule has 0 unspecified atom stereocenters. The van der Waals surface area contributed by atoms with Gasteiger partial charge in [0.15, 0.2) is 0 Å². The van der Waals surface area contributed by atoms with Crippen LogP contribution in [0, 0.1) is 0 Å². The van der Waals surface area contributed by atoms with Crippen LogP contribution in [0.5, 0.6) is 0 Å². The van der Waals surface area contributed by atoms with E-state index in [1.165, 1.54) is 11.0 Å². The van der Waals surface area contributed by atoms with Crippen LogP contribution in [0.15, 0.2) is 18.3 Å². The molecular weight excluding hydrogens is 368 g/mol. The Hall–Kier alpha value is -2.04. The molecule has 26 heavy (non-hydrogen) atoms. The summed E-state index contributed by atoms with van der Waals surface area (Å²) in [7, 11) is 0. The molecular formula is C15H17F6N3O2. The van der Waals surface area contributed by atoms with E-state index in [9.17, 15) is 31.1 Å². The predicted molar refractivity (Wildman–Crippen MR) is 79.5 cm³/mol. The van der Waals surface area contributed by atoms with Crippen molar-refractivity contribution in [3.63, 3.8) is 0 Å². The van der Waals surface area contributed by atoms with E-state index in [2.05, 4.69) is 9.72 Å². The van der Waals surface area contributed by atoms with Crippen molar-refractivity contribution < 1.29 is 35.9 Å². The predicted octanol–water partition coefficient (Wildman–Crippen LogP) is 2.72. The van der Waals surface area contributed by atoms with Gasteiger partial charge >= 0.3 is 12.4 Å². The van der Waals surface area contributed by atoms with Crippen molar-refractivity contribution in [2.45, 2.75) is 18.8 Å². The van der Waals surface area contributed by atoms with Gasteiger partial charge in [-0.05, 0) is 12.1 Å². The Morgan fingerprint density at radius 3 is 2.23 bits per heavy atom. The summed E-state index contributed by atoms with van der Waals surface area (Å²) in [5.41, 5.74) is -0.839. The van der Waals surface area contributed by atoms with Gasteiger partial charge in [-0.2, -0.15) is 26.3 Å². The lowest BCUT2D eigenvalue weighted by Gasteiger charge is -2.35. The molecule has 2 heterocycles. The Labute approximate surface area is 145 Å². The van der Waals surface area contributed by atoms with Crippen LogP contribution in [-0.2, 0) is 15.7 Å². The first-order valence-electron chi connectivity index (χ1n) is 7.77. The maximum Gasteiger partial charge on any atom is 0.417 e. The average Bonchev–Trinajstić information content (AvgIpc) is 2.57. The molecule has 0 saturated carbocycles. The molecule has 1 aromatic rings.